The lowest BCUT2D eigenvalue weighted by atomic mass is 10.1. The minimum absolute atomic E-state index is 0.194. The van der Waals surface area contributed by atoms with Crippen molar-refractivity contribution in [1.29, 1.82) is 0 Å². The van der Waals surface area contributed by atoms with E-state index in [0.29, 0.717) is 53.8 Å². The maximum absolute atomic E-state index is 13.0. The first-order valence-electron chi connectivity index (χ1n) is 8.68. The molecule has 2 aromatic carbocycles. The number of carbonyl (C=O) groups is 2. The molecule has 2 N–H and O–H groups in total. The predicted octanol–water partition coefficient (Wildman–Crippen LogP) is 3.92. The molecule has 2 amide bonds. The zero-order valence-electron chi connectivity index (χ0n) is 14.5. The number of nitrogens with zero attached hydrogens (tertiary/aromatic N) is 1. The number of hydrogen-bond acceptors (Lipinski definition) is 3. The Morgan fingerprint density at radius 3 is 2.56 bits per heavy atom. The summed E-state index contributed by atoms with van der Waals surface area (Å²) in [5.41, 5.74) is 2.03. The molecule has 138 valence electrons. The fourth-order valence-corrected chi connectivity index (χ4v) is 3.33. The molecule has 3 aromatic rings. The summed E-state index contributed by atoms with van der Waals surface area (Å²) in [5.74, 6) is -0.194. The van der Waals surface area contributed by atoms with Crippen LogP contribution < -0.4 is 5.32 Å². The zero-order chi connectivity index (χ0) is 18.8. The molecule has 7 heteroatoms. The molecule has 1 fully saturated rings. The summed E-state index contributed by atoms with van der Waals surface area (Å²) in [4.78, 5) is 30.5. The Balaban J connectivity index is 1.75. The number of fused-ring (bicyclic) bond motifs is 1. The van der Waals surface area contributed by atoms with Crippen molar-refractivity contribution in [3.8, 4) is 0 Å². The number of anilines is 1. The molecule has 0 spiro atoms. The van der Waals surface area contributed by atoms with Crippen molar-refractivity contribution >= 4 is 40.0 Å². The minimum Gasteiger partial charge on any atom is -0.378 e. The molecule has 6 nitrogen and oxygen atoms in total. The molecule has 2 heterocycles. The monoisotopic (exact) mass is 383 g/mol. The normalized spacial score (nSPS) is 14.3. The highest BCUT2D eigenvalue weighted by atomic mass is 35.5. The lowest BCUT2D eigenvalue weighted by molar-refractivity contribution is 0.0564. The quantitative estimate of drug-likeness (QED) is 0.673. The van der Waals surface area contributed by atoms with E-state index < -0.39 is 0 Å². The van der Waals surface area contributed by atoms with Crippen LogP contribution in [0.1, 0.15) is 16.1 Å². The number of rotatable bonds is 3. The van der Waals surface area contributed by atoms with Crippen LogP contribution in [0.2, 0.25) is 5.02 Å². The van der Waals surface area contributed by atoms with Crippen LogP contribution in [0.3, 0.4) is 0 Å². The third kappa shape index (κ3) is 3.54. The van der Waals surface area contributed by atoms with E-state index in [-0.39, 0.29) is 11.8 Å². The number of hydrogen-bond donors (Lipinski definition) is 2. The van der Waals surface area contributed by atoms with Gasteiger partial charge in [-0.1, -0.05) is 41.9 Å². The number of ether oxygens (including phenoxy) is 1. The summed E-state index contributed by atoms with van der Waals surface area (Å²) in [6, 6.07) is 14.0. The largest absolute Gasteiger partial charge is 0.378 e. The highest BCUT2D eigenvalue weighted by Gasteiger charge is 2.24. The molecule has 0 unspecified atom stereocenters. The lowest BCUT2D eigenvalue weighted by Crippen LogP contribution is -2.43. The molecule has 1 aliphatic heterocycles. The van der Waals surface area contributed by atoms with Crippen LogP contribution in [0.4, 0.5) is 10.5 Å². The molecule has 0 atom stereocenters. The Hall–Kier alpha value is -2.83. The van der Waals surface area contributed by atoms with Crippen LogP contribution in [0.25, 0.3) is 10.9 Å². The third-order valence-corrected chi connectivity index (χ3v) is 4.79. The van der Waals surface area contributed by atoms with Crippen molar-refractivity contribution in [2.75, 3.05) is 31.6 Å². The van der Waals surface area contributed by atoms with E-state index in [1.54, 1.807) is 47.4 Å². The number of urea groups is 1. The van der Waals surface area contributed by atoms with E-state index in [2.05, 4.69) is 10.3 Å². The van der Waals surface area contributed by atoms with Crippen LogP contribution >= 0.6 is 11.6 Å². The molecule has 0 bridgehead atoms. The number of ketones is 1. The van der Waals surface area contributed by atoms with Gasteiger partial charge in [0.25, 0.3) is 0 Å². The molecule has 4 rings (SSSR count). The second-order valence-electron chi connectivity index (χ2n) is 6.29. The minimum atomic E-state index is -0.253. The average Bonchev–Trinajstić information content (AvgIpc) is 3.06. The van der Waals surface area contributed by atoms with Crippen molar-refractivity contribution in [1.82, 2.24) is 9.88 Å². The summed E-state index contributed by atoms with van der Waals surface area (Å²) < 4.78 is 5.29. The number of H-pyrrole nitrogens is 1. The lowest BCUT2D eigenvalue weighted by Gasteiger charge is -2.27. The standard InChI is InChI=1S/C20H18ClN3O3/c21-14-6-7-15-16(12-14)22-18(19(25)13-4-2-1-3-5-13)17(15)23-20(26)24-8-10-27-11-9-24/h1-7,12,22H,8-11H2,(H,23,26). The Kier molecular flexibility index (Phi) is 4.83. The van der Waals surface area contributed by atoms with Gasteiger partial charge in [-0.05, 0) is 18.2 Å². The molecule has 0 saturated carbocycles. The Morgan fingerprint density at radius 2 is 1.81 bits per heavy atom. The van der Waals surface area contributed by atoms with Crippen molar-refractivity contribution in [3.05, 3.63) is 64.8 Å². The number of aromatic nitrogens is 1. The smallest absolute Gasteiger partial charge is 0.322 e. The van der Waals surface area contributed by atoms with Crippen LogP contribution in [0.15, 0.2) is 48.5 Å². The summed E-state index contributed by atoms with van der Waals surface area (Å²) in [6.45, 7) is 2.05. The summed E-state index contributed by atoms with van der Waals surface area (Å²) in [6.07, 6.45) is 0. The van der Waals surface area contributed by atoms with Gasteiger partial charge in [0.2, 0.25) is 5.78 Å². The van der Waals surface area contributed by atoms with Crippen molar-refractivity contribution < 1.29 is 14.3 Å². The number of aromatic amines is 1. The fourth-order valence-electron chi connectivity index (χ4n) is 3.16. The van der Waals surface area contributed by atoms with Gasteiger partial charge in [-0.2, -0.15) is 0 Å². The number of morpholine rings is 1. The number of nitrogens with one attached hydrogen (secondary N) is 2. The van der Waals surface area contributed by atoms with Gasteiger partial charge >= 0.3 is 6.03 Å². The number of benzene rings is 2. The average molecular weight is 384 g/mol. The maximum atomic E-state index is 13.0. The van der Waals surface area contributed by atoms with Gasteiger partial charge < -0.3 is 19.9 Å². The second-order valence-corrected chi connectivity index (χ2v) is 6.73. The van der Waals surface area contributed by atoms with Gasteiger partial charge in [-0.15, -0.1) is 0 Å². The van der Waals surface area contributed by atoms with E-state index in [1.807, 2.05) is 6.07 Å². The maximum Gasteiger partial charge on any atom is 0.322 e. The second kappa shape index (κ2) is 7.42. The van der Waals surface area contributed by atoms with E-state index in [1.165, 1.54) is 0 Å². The molecular weight excluding hydrogens is 366 g/mol. The first-order valence-corrected chi connectivity index (χ1v) is 9.06. The number of carbonyl (C=O) groups excluding carboxylic acids is 2. The zero-order valence-corrected chi connectivity index (χ0v) is 15.3. The van der Waals surface area contributed by atoms with Crippen LogP contribution in [0.5, 0.6) is 0 Å². The van der Waals surface area contributed by atoms with Crippen molar-refractivity contribution in [3.63, 3.8) is 0 Å². The van der Waals surface area contributed by atoms with Gasteiger partial charge in [0, 0.05) is 34.6 Å². The summed E-state index contributed by atoms with van der Waals surface area (Å²) in [7, 11) is 0. The number of amides is 2. The Morgan fingerprint density at radius 1 is 1.07 bits per heavy atom. The van der Waals surface area contributed by atoms with Crippen LogP contribution in [-0.2, 0) is 4.74 Å². The fraction of sp³-hybridized carbons (Fsp3) is 0.200. The molecule has 1 aliphatic rings. The topological polar surface area (TPSA) is 74.4 Å². The Bertz CT molecular complexity index is 994. The third-order valence-electron chi connectivity index (χ3n) is 4.55. The predicted molar refractivity (Wildman–Crippen MR) is 105 cm³/mol. The van der Waals surface area contributed by atoms with Crippen LogP contribution in [0, 0.1) is 0 Å². The highest BCUT2D eigenvalue weighted by Crippen LogP contribution is 2.31. The van der Waals surface area contributed by atoms with Crippen LogP contribution in [-0.4, -0.2) is 48.0 Å². The SMILES string of the molecule is O=C(c1ccccc1)c1[nH]c2cc(Cl)ccc2c1NC(=O)N1CCOCC1. The summed E-state index contributed by atoms with van der Waals surface area (Å²) >= 11 is 6.09. The molecule has 1 saturated heterocycles. The first kappa shape index (κ1) is 17.6. The van der Waals surface area contributed by atoms with Gasteiger partial charge in [-0.25, -0.2) is 4.79 Å². The summed E-state index contributed by atoms with van der Waals surface area (Å²) in [5, 5.41) is 4.20. The molecule has 0 aliphatic carbocycles. The molecule has 0 radical (unpaired) electrons. The van der Waals surface area contributed by atoms with Gasteiger partial charge in [0.1, 0.15) is 5.69 Å². The van der Waals surface area contributed by atoms with E-state index in [4.69, 9.17) is 16.3 Å². The van der Waals surface area contributed by atoms with Crippen molar-refractivity contribution in [2.24, 2.45) is 0 Å². The molecule has 1 aromatic heterocycles. The Labute approximate surface area is 161 Å². The van der Waals surface area contributed by atoms with E-state index in [9.17, 15) is 9.59 Å². The highest BCUT2D eigenvalue weighted by molar-refractivity contribution is 6.31. The molecular formula is C20H18ClN3O3. The van der Waals surface area contributed by atoms with E-state index >= 15 is 0 Å². The van der Waals surface area contributed by atoms with Gasteiger partial charge in [0.15, 0.2) is 0 Å². The number of halogens is 1. The first-order chi connectivity index (χ1) is 13.1. The van der Waals surface area contributed by atoms with E-state index in [0.717, 1.165) is 5.39 Å². The van der Waals surface area contributed by atoms with Gasteiger partial charge in [-0.3, -0.25) is 4.79 Å². The molecule has 27 heavy (non-hydrogen) atoms. The van der Waals surface area contributed by atoms with Gasteiger partial charge in [0.05, 0.1) is 18.9 Å². The van der Waals surface area contributed by atoms with Crippen molar-refractivity contribution in [2.45, 2.75) is 0 Å².